The Kier molecular flexibility index (Phi) is 11.7. The van der Waals surface area contributed by atoms with E-state index >= 15 is 0 Å². The van der Waals surface area contributed by atoms with Crippen molar-refractivity contribution in [2.45, 2.75) is 18.7 Å². The molecule has 12 nitrogen and oxygen atoms in total. The van der Waals surface area contributed by atoms with Gasteiger partial charge in [0.25, 0.3) is 5.69 Å². The van der Waals surface area contributed by atoms with Gasteiger partial charge in [-0.05, 0) is 60.1 Å². The average molecular weight is 587 g/mol. The smallest absolute Gasteiger partial charge is 0.726 e. The number of nitro groups is 1. The number of nitrogens with zero attached hydrogens (tertiary/aromatic N) is 4. The molecule has 0 aliphatic rings. The van der Waals surface area contributed by atoms with E-state index in [1.807, 2.05) is 26.0 Å². The topological polar surface area (TPSA) is 172 Å². The Balaban J connectivity index is 0.00000578. The Morgan fingerprint density at radius 2 is 1.65 bits per heavy atom. The zero-order chi connectivity index (χ0) is 24.8. The molecule has 0 spiro atoms. The molecule has 0 aliphatic carbocycles. The van der Waals surface area contributed by atoms with Gasteiger partial charge in [-0.1, -0.05) is 0 Å². The van der Waals surface area contributed by atoms with E-state index in [0.29, 0.717) is 5.69 Å². The molecule has 180 valence electrons. The molecule has 0 atom stereocenters. The first-order valence-corrected chi connectivity index (χ1v) is 13.2. The fourth-order valence-electron chi connectivity index (χ4n) is 2.77. The van der Waals surface area contributed by atoms with Crippen LogP contribution in [0.4, 0.5) is 22.7 Å². The number of nitro benzene ring substituents is 1. The van der Waals surface area contributed by atoms with Gasteiger partial charge in [0.1, 0.15) is 0 Å². The molecule has 0 bridgehead atoms. The summed E-state index contributed by atoms with van der Waals surface area (Å²) in [6.07, 6.45) is 0. The number of anilines is 1. The summed E-state index contributed by atoms with van der Waals surface area (Å²) >= 11 is 3.08. The van der Waals surface area contributed by atoms with Crippen LogP contribution in [0.2, 0.25) is 0 Å². The zero-order valence-electron chi connectivity index (χ0n) is 18.5. The molecule has 0 amide bonds. The number of sulfone groups is 1. The van der Waals surface area contributed by atoms with Crippen LogP contribution in [0.15, 0.2) is 56.0 Å². The fraction of sp³-hybridized carbons (Fsp3) is 0.333. The molecule has 0 radical (unpaired) electrons. The molecular weight excluding hydrogens is 567 g/mol. The zero-order valence-corrected chi connectivity index (χ0v) is 23.8. The Morgan fingerprint density at radius 3 is 2.15 bits per heavy atom. The van der Waals surface area contributed by atoms with Gasteiger partial charge in [0.05, 0.1) is 32.3 Å². The third kappa shape index (κ3) is 8.64. The van der Waals surface area contributed by atoms with Gasteiger partial charge in [0, 0.05) is 24.8 Å². The van der Waals surface area contributed by atoms with Crippen molar-refractivity contribution < 1.29 is 60.1 Å². The van der Waals surface area contributed by atoms with Crippen molar-refractivity contribution in [1.29, 1.82) is 0 Å². The van der Waals surface area contributed by atoms with Gasteiger partial charge < -0.3 is 9.45 Å². The minimum Gasteiger partial charge on any atom is -0.726 e. The third-order valence-corrected chi connectivity index (χ3v) is 7.11. The molecule has 0 saturated heterocycles. The Morgan fingerprint density at radius 1 is 1.06 bits per heavy atom. The number of halogens is 1. The molecule has 2 aromatic carbocycles. The van der Waals surface area contributed by atoms with Crippen LogP contribution < -0.4 is 34.5 Å². The molecule has 2 rings (SSSR count). The van der Waals surface area contributed by atoms with Crippen LogP contribution in [0.25, 0.3) is 0 Å². The number of benzene rings is 2. The van der Waals surface area contributed by atoms with Gasteiger partial charge >= 0.3 is 29.6 Å². The molecule has 0 aliphatic heterocycles. The molecule has 0 heterocycles. The molecule has 16 heteroatoms. The van der Waals surface area contributed by atoms with Crippen molar-refractivity contribution in [3.63, 3.8) is 0 Å². The normalized spacial score (nSPS) is 11.9. The Bertz CT molecular complexity index is 1250. The van der Waals surface area contributed by atoms with Crippen molar-refractivity contribution in [2.24, 2.45) is 10.2 Å². The summed E-state index contributed by atoms with van der Waals surface area (Å²) in [7, 11) is -9.27. The summed E-state index contributed by atoms with van der Waals surface area (Å²) in [6, 6.07) is 8.92. The van der Waals surface area contributed by atoms with Crippen molar-refractivity contribution in [1.82, 2.24) is 0 Å². The summed E-state index contributed by atoms with van der Waals surface area (Å²) in [4.78, 5) is 12.4. The summed E-state index contributed by atoms with van der Waals surface area (Å²) in [5.74, 6) is -0.877. The maximum absolute atomic E-state index is 12.4. The van der Waals surface area contributed by atoms with E-state index in [0.717, 1.165) is 30.9 Å². The summed E-state index contributed by atoms with van der Waals surface area (Å²) < 4.78 is 60.1. The second-order valence-electron chi connectivity index (χ2n) is 6.47. The number of rotatable bonds is 11. The van der Waals surface area contributed by atoms with Gasteiger partial charge in [-0.25, -0.2) is 16.8 Å². The second kappa shape index (κ2) is 13.0. The largest absolute Gasteiger partial charge is 1.00 e. The average Bonchev–Trinajstić information content (AvgIpc) is 2.73. The molecular formula is C18H20BrN4NaO8S2. The Hall–Kier alpha value is -1.46. The minimum absolute atomic E-state index is 0. The van der Waals surface area contributed by atoms with Crippen LogP contribution >= 0.6 is 15.9 Å². The number of hydrogen-bond donors (Lipinski definition) is 0. The van der Waals surface area contributed by atoms with E-state index in [2.05, 4.69) is 35.2 Å². The predicted molar refractivity (Wildman–Crippen MR) is 123 cm³/mol. The van der Waals surface area contributed by atoms with Crippen LogP contribution in [-0.4, -0.2) is 51.8 Å². The molecule has 0 saturated carbocycles. The van der Waals surface area contributed by atoms with Gasteiger partial charge in [-0.3, -0.25) is 14.3 Å². The van der Waals surface area contributed by atoms with Crippen LogP contribution in [0, 0.1) is 10.1 Å². The van der Waals surface area contributed by atoms with Gasteiger partial charge in [-0.2, -0.15) is 5.11 Å². The standard InChI is InChI=1S/C18H21BrN4O8S2.Na/c1-3-22(4-2)14-7-5-13(6-8-14)20-21-18-16(19)11-15(12-17(18)23(24)25)32(26,27)10-9-31-33(28,29)30;/h5-8,11-12H,3-4,9-10H2,1-2H3,(H,28,29,30);/q;+1/p-1. The van der Waals surface area contributed by atoms with Crippen molar-refractivity contribution in [3.05, 3.63) is 51.0 Å². The quantitative estimate of drug-likeness (QED) is 0.0924. The summed E-state index contributed by atoms with van der Waals surface area (Å²) in [5.41, 5.74) is 0.572. The van der Waals surface area contributed by atoms with Crippen molar-refractivity contribution in [2.75, 3.05) is 30.3 Å². The number of azo groups is 1. The monoisotopic (exact) mass is 586 g/mol. The first kappa shape index (κ1) is 30.6. The van der Waals surface area contributed by atoms with Crippen LogP contribution in [0.3, 0.4) is 0 Å². The molecule has 0 aromatic heterocycles. The predicted octanol–water partition coefficient (Wildman–Crippen LogP) is 0.873. The third-order valence-electron chi connectivity index (χ3n) is 4.40. The van der Waals surface area contributed by atoms with E-state index in [9.17, 15) is 31.5 Å². The van der Waals surface area contributed by atoms with Gasteiger partial charge in [0.15, 0.2) is 15.5 Å². The SMILES string of the molecule is CCN(CC)c1ccc(N=Nc2c(Br)cc(S(=O)(=O)CCOS(=O)(=O)[O-])cc2[N+](=O)[O-])cc1.[Na+]. The maximum Gasteiger partial charge on any atom is 1.00 e. The molecule has 0 unspecified atom stereocenters. The second-order valence-corrected chi connectivity index (χ2v) is 10.5. The van der Waals surface area contributed by atoms with Crippen LogP contribution in [0.5, 0.6) is 0 Å². The summed E-state index contributed by atoms with van der Waals surface area (Å²) in [6.45, 7) is 4.77. The molecule has 2 aromatic rings. The molecule has 0 N–H and O–H groups in total. The minimum atomic E-state index is -5.07. The van der Waals surface area contributed by atoms with Gasteiger partial charge in [-0.15, -0.1) is 5.11 Å². The van der Waals surface area contributed by atoms with E-state index in [4.69, 9.17) is 0 Å². The van der Waals surface area contributed by atoms with E-state index in [-0.39, 0.29) is 39.7 Å². The van der Waals surface area contributed by atoms with Gasteiger partial charge in [0.2, 0.25) is 10.4 Å². The Labute approximate surface area is 227 Å². The van der Waals surface area contributed by atoms with E-state index < -0.39 is 48.1 Å². The van der Waals surface area contributed by atoms with E-state index in [1.54, 1.807) is 12.1 Å². The summed E-state index contributed by atoms with van der Waals surface area (Å²) in [5, 5.41) is 19.4. The molecule has 0 fully saturated rings. The maximum atomic E-state index is 12.4. The van der Waals surface area contributed by atoms with E-state index in [1.165, 1.54) is 0 Å². The number of hydrogen-bond acceptors (Lipinski definition) is 11. The fourth-order valence-corrected chi connectivity index (χ4v) is 4.97. The van der Waals surface area contributed by atoms with Crippen LogP contribution in [-0.2, 0) is 24.4 Å². The van der Waals surface area contributed by atoms with Crippen molar-refractivity contribution in [3.8, 4) is 0 Å². The first-order chi connectivity index (χ1) is 15.4. The first-order valence-electron chi connectivity index (χ1n) is 9.45. The van der Waals surface area contributed by atoms with Crippen molar-refractivity contribution >= 4 is 58.9 Å². The van der Waals surface area contributed by atoms with Crippen LogP contribution in [0.1, 0.15) is 13.8 Å². The molecule has 34 heavy (non-hydrogen) atoms.